The van der Waals surface area contributed by atoms with Crippen LogP contribution in [0.3, 0.4) is 0 Å². The number of thiazole rings is 1. The molecule has 2 saturated heterocycles. The first kappa shape index (κ1) is 33.7. The highest BCUT2D eigenvalue weighted by Gasteiger charge is 2.32. The molecule has 248 valence electrons. The summed E-state index contributed by atoms with van der Waals surface area (Å²) in [5, 5.41) is 8.45. The number of nitrogens with two attached hydrogens (primary N) is 1. The summed E-state index contributed by atoms with van der Waals surface area (Å²) in [6, 6.07) is 8.74. The van der Waals surface area contributed by atoms with Crippen LogP contribution in [0.2, 0.25) is 0 Å². The number of aryl methyl sites for hydroxylation is 1. The van der Waals surface area contributed by atoms with Crippen LogP contribution in [-0.2, 0) is 10.9 Å². The first-order chi connectivity index (χ1) is 22.0. The zero-order valence-corrected chi connectivity index (χ0v) is 27.2. The van der Waals surface area contributed by atoms with Crippen molar-refractivity contribution >= 4 is 45.0 Å². The van der Waals surface area contributed by atoms with Crippen molar-refractivity contribution in [2.45, 2.75) is 20.0 Å². The number of benzene rings is 2. The zero-order chi connectivity index (χ0) is 32.8. The maximum atomic E-state index is 13.8. The van der Waals surface area contributed by atoms with Crippen LogP contribution in [0, 0.1) is 6.92 Å². The van der Waals surface area contributed by atoms with Crippen LogP contribution in [-0.4, -0.2) is 93.3 Å². The predicted octanol–water partition coefficient (Wildman–Crippen LogP) is 4.96. The molecule has 4 N–H and O–H groups in total. The number of morpholine rings is 1. The number of piperazine rings is 1. The monoisotopic (exact) mass is 658 g/mol. The van der Waals surface area contributed by atoms with Crippen molar-refractivity contribution in [3.8, 4) is 0 Å². The molecule has 0 atom stereocenters. The number of rotatable bonds is 10. The third kappa shape index (κ3) is 8.76. The maximum absolute atomic E-state index is 13.8. The lowest BCUT2D eigenvalue weighted by molar-refractivity contribution is -0.137. The van der Waals surface area contributed by atoms with Crippen LogP contribution in [0.5, 0.6) is 0 Å². The number of ether oxygens (including phenoxy) is 1. The molecule has 0 unspecified atom stereocenters. The first-order valence-electron chi connectivity index (χ1n) is 15.3. The van der Waals surface area contributed by atoms with Crippen molar-refractivity contribution in [3.05, 3.63) is 70.4 Å². The van der Waals surface area contributed by atoms with Gasteiger partial charge < -0.3 is 25.2 Å². The fourth-order valence-corrected chi connectivity index (χ4v) is 6.15. The number of anilines is 4. The van der Waals surface area contributed by atoms with Gasteiger partial charge >= 0.3 is 6.18 Å². The van der Waals surface area contributed by atoms with Gasteiger partial charge in [0.05, 0.1) is 29.3 Å². The van der Waals surface area contributed by atoms with Gasteiger partial charge in [-0.05, 0) is 62.4 Å². The van der Waals surface area contributed by atoms with Gasteiger partial charge in [0, 0.05) is 81.7 Å². The number of halogens is 3. The zero-order valence-electron chi connectivity index (χ0n) is 26.4. The number of allylic oxidation sites excluding steroid dienone is 1. The molecule has 0 bridgehead atoms. The average molecular weight is 659 g/mol. The molecule has 3 aromatic rings. The normalized spacial score (nSPS) is 16.8. The number of carbonyl (C=O) groups excluding carboxylic acids is 1. The summed E-state index contributed by atoms with van der Waals surface area (Å²) >= 11 is 1.53. The van der Waals surface area contributed by atoms with E-state index in [0.717, 1.165) is 85.8 Å². The summed E-state index contributed by atoms with van der Waals surface area (Å²) in [4.78, 5) is 25.1. The molecular weight excluding hydrogens is 617 g/mol. The number of nitrogens with one attached hydrogen (secondary N) is 2. The van der Waals surface area contributed by atoms with Crippen molar-refractivity contribution in [1.29, 1.82) is 0 Å². The van der Waals surface area contributed by atoms with E-state index in [1.165, 1.54) is 22.4 Å². The molecule has 2 fully saturated rings. The standard InChI is InChI=1S/C32H41F3N8O2S/c1-22-4-5-26(39-30(44)24-16-25(32(33,34)35)18-27(17-24)42-10-8-40(3)9-11-42)19-28(22)43(36)21-23(2)29-20-38-31(46-29)37-6-7-41-12-14-45-15-13-41/h4-5,16-21H,6-15,36H2,1-3H3,(H,37,38)(H,39,44)/b23-21+. The Morgan fingerprint density at radius 2 is 1.85 bits per heavy atom. The summed E-state index contributed by atoms with van der Waals surface area (Å²) in [5.41, 5.74) is 2.26. The van der Waals surface area contributed by atoms with Crippen molar-refractivity contribution in [2.24, 2.45) is 5.84 Å². The average Bonchev–Trinajstić information content (AvgIpc) is 3.51. The van der Waals surface area contributed by atoms with Crippen LogP contribution in [0.4, 0.5) is 35.4 Å². The lowest BCUT2D eigenvalue weighted by Gasteiger charge is -2.34. The van der Waals surface area contributed by atoms with E-state index < -0.39 is 17.6 Å². The highest BCUT2D eigenvalue weighted by molar-refractivity contribution is 7.16. The van der Waals surface area contributed by atoms with E-state index >= 15 is 0 Å². The third-order valence-corrected chi connectivity index (χ3v) is 9.25. The largest absolute Gasteiger partial charge is 0.416 e. The quantitative estimate of drug-likeness (QED) is 0.206. The fourth-order valence-electron chi connectivity index (χ4n) is 5.35. The Labute approximate surface area is 271 Å². The second-order valence-electron chi connectivity index (χ2n) is 11.6. The highest BCUT2D eigenvalue weighted by Crippen LogP contribution is 2.34. The summed E-state index contributed by atoms with van der Waals surface area (Å²) in [5.74, 6) is 5.82. The van der Waals surface area contributed by atoms with Gasteiger partial charge in [0.2, 0.25) is 0 Å². The maximum Gasteiger partial charge on any atom is 0.416 e. The van der Waals surface area contributed by atoms with E-state index in [9.17, 15) is 18.0 Å². The van der Waals surface area contributed by atoms with Gasteiger partial charge in [-0.25, -0.2) is 10.8 Å². The topological polar surface area (TPSA) is 102 Å². The summed E-state index contributed by atoms with van der Waals surface area (Å²) in [6.07, 6.45) is -0.999. The van der Waals surface area contributed by atoms with E-state index in [0.29, 0.717) is 30.2 Å². The SMILES string of the molecule is C/C(=C\N(N)c1cc(NC(=O)c2cc(N3CCN(C)CC3)cc(C(F)(F)F)c2)ccc1C)c1cnc(NCCN2CCOCC2)s1. The molecule has 14 heteroatoms. The van der Waals surface area contributed by atoms with E-state index in [4.69, 9.17) is 10.6 Å². The number of hydrazine groups is 1. The Morgan fingerprint density at radius 1 is 1.11 bits per heavy atom. The van der Waals surface area contributed by atoms with Crippen LogP contribution < -0.4 is 26.4 Å². The van der Waals surface area contributed by atoms with Crippen LogP contribution in [0.1, 0.15) is 33.3 Å². The molecule has 0 spiro atoms. The molecule has 2 aromatic carbocycles. The molecule has 46 heavy (non-hydrogen) atoms. The number of hydrogen-bond acceptors (Lipinski definition) is 10. The number of nitrogens with zero attached hydrogens (tertiary/aromatic N) is 5. The molecular formula is C32H41F3N8O2S. The molecule has 1 amide bonds. The number of alkyl halides is 3. The Morgan fingerprint density at radius 3 is 2.57 bits per heavy atom. The second-order valence-corrected chi connectivity index (χ2v) is 12.7. The van der Waals surface area contributed by atoms with Crippen LogP contribution in [0.25, 0.3) is 5.57 Å². The number of amides is 1. The van der Waals surface area contributed by atoms with E-state index in [-0.39, 0.29) is 5.56 Å². The highest BCUT2D eigenvalue weighted by atomic mass is 32.1. The van der Waals surface area contributed by atoms with Gasteiger partial charge in [-0.2, -0.15) is 13.2 Å². The minimum atomic E-state index is -4.59. The van der Waals surface area contributed by atoms with E-state index in [1.807, 2.05) is 25.8 Å². The van der Waals surface area contributed by atoms with Gasteiger partial charge in [0.1, 0.15) is 0 Å². The molecule has 1 aromatic heterocycles. The van der Waals surface area contributed by atoms with Crippen LogP contribution >= 0.6 is 11.3 Å². The number of aromatic nitrogens is 1. The van der Waals surface area contributed by atoms with E-state index in [2.05, 4.69) is 25.4 Å². The van der Waals surface area contributed by atoms with Crippen LogP contribution in [0.15, 0.2) is 48.8 Å². The van der Waals surface area contributed by atoms with Gasteiger partial charge in [-0.15, -0.1) is 0 Å². The van der Waals surface area contributed by atoms with E-state index in [1.54, 1.807) is 30.6 Å². The number of hydrogen-bond donors (Lipinski definition) is 3. The minimum absolute atomic E-state index is 0.0641. The molecule has 0 radical (unpaired) electrons. The Kier molecular flexibility index (Phi) is 10.8. The molecule has 2 aliphatic heterocycles. The minimum Gasteiger partial charge on any atom is -0.379 e. The van der Waals surface area contributed by atoms with Crippen molar-refractivity contribution < 1.29 is 22.7 Å². The van der Waals surface area contributed by atoms with Gasteiger partial charge in [-0.1, -0.05) is 17.4 Å². The summed E-state index contributed by atoms with van der Waals surface area (Å²) in [6.45, 7) is 11.6. The fraction of sp³-hybridized carbons (Fsp3) is 0.438. The molecule has 2 aliphatic rings. The Hall–Kier alpha value is -3.69. The summed E-state index contributed by atoms with van der Waals surface area (Å²) < 4.78 is 46.8. The molecule has 10 nitrogen and oxygen atoms in total. The first-order valence-corrected chi connectivity index (χ1v) is 16.1. The molecule has 0 saturated carbocycles. The Balaban J connectivity index is 1.26. The van der Waals surface area contributed by atoms with Gasteiger partial charge in [0.25, 0.3) is 5.91 Å². The molecule has 5 rings (SSSR count). The molecule has 3 heterocycles. The second kappa shape index (κ2) is 14.8. The van der Waals surface area contributed by atoms with Gasteiger partial charge in [-0.3, -0.25) is 14.7 Å². The Bertz CT molecular complexity index is 1530. The van der Waals surface area contributed by atoms with Crippen molar-refractivity contribution in [2.75, 3.05) is 93.2 Å². The van der Waals surface area contributed by atoms with Crippen molar-refractivity contribution in [1.82, 2.24) is 14.8 Å². The smallest absolute Gasteiger partial charge is 0.379 e. The van der Waals surface area contributed by atoms with Gasteiger partial charge in [0.15, 0.2) is 5.13 Å². The summed E-state index contributed by atoms with van der Waals surface area (Å²) in [7, 11) is 1.97. The third-order valence-electron chi connectivity index (χ3n) is 8.16. The lowest BCUT2D eigenvalue weighted by Crippen LogP contribution is -2.44. The predicted molar refractivity (Wildman–Crippen MR) is 178 cm³/mol. The number of likely N-dealkylation sites (N-methyl/N-ethyl adjacent to an activating group) is 1. The number of carbonyl (C=O) groups is 1. The molecule has 0 aliphatic carbocycles. The van der Waals surface area contributed by atoms with Crippen molar-refractivity contribution in [3.63, 3.8) is 0 Å². The lowest BCUT2D eigenvalue weighted by atomic mass is 10.1.